The van der Waals surface area contributed by atoms with Crippen LogP contribution in [0.1, 0.15) is 99.3 Å². The van der Waals surface area contributed by atoms with Gasteiger partial charge in [0.1, 0.15) is 85.5 Å². The van der Waals surface area contributed by atoms with Crippen LogP contribution in [0.4, 0.5) is 0 Å². The third kappa shape index (κ3) is 9.29. The lowest BCUT2D eigenvalue weighted by Crippen LogP contribution is -2.68. The summed E-state index contributed by atoms with van der Waals surface area (Å²) in [6, 6.07) is 0. The normalized spacial score (nSPS) is 54.9. The van der Waals surface area contributed by atoms with E-state index >= 15 is 0 Å². The smallest absolute Gasteiger partial charge is 0.309 e. The average Bonchev–Trinajstić information content (AvgIpc) is 3.36. The van der Waals surface area contributed by atoms with Gasteiger partial charge in [-0.3, -0.25) is 4.79 Å². The van der Waals surface area contributed by atoms with E-state index in [0.717, 1.165) is 24.8 Å². The van der Waals surface area contributed by atoms with Crippen molar-refractivity contribution in [1.82, 2.24) is 0 Å². The zero-order valence-electron chi connectivity index (χ0n) is 43.7. The maximum absolute atomic E-state index is 12.7. The van der Waals surface area contributed by atoms with Crippen LogP contribution in [0.2, 0.25) is 0 Å². The number of rotatable bonds is 12. The lowest BCUT2D eigenvalue weighted by molar-refractivity contribution is -0.392. The zero-order chi connectivity index (χ0) is 54.7. The van der Waals surface area contributed by atoms with Crippen LogP contribution in [-0.2, 0) is 42.7 Å². The monoisotopic (exact) mass is 1080 g/mol. The highest BCUT2D eigenvalue weighted by molar-refractivity contribution is 5.74. The summed E-state index contributed by atoms with van der Waals surface area (Å²) in [5.74, 6) is -0.979. The minimum atomic E-state index is -1.91. The molecule has 4 aliphatic heterocycles. The summed E-state index contributed by atoms with van der Waals surface area (Å²) in [7, 11) is 0. The van der Waals surface area contributed by atoms with Crippen molar-refractivity contribution in [3.63, 3.8) is 0 Å². The topological polar surface area (TPSA) is 374 Å². The minimum Gasteiger partial charge on any atom is -0.481 e. The molecule has 0 radical (unpaired) electrons. The quantitative estimate of drug-likeness (QED) is 0.0725. The van der Waals surface area contributed by atoms with Crippen molar-refractivity contribution in [2.45, 2.75) is 222 Å². The van der Waals surface area contributed by atoms with E-state index < -0.39 is 177 Å². The fraction of sp³-hybridized carbons (Fsp3) is 0.942. The largest absolute Gasteiger partial charge is 0.481 e. The number of carbonyl (C=O) groups is 1. The Labute approximate surface area is 436 Å². The number of aliphatic carboxylic acids is 1. The summed E-state index contributed by atoms with van der Waals surface area (Å²) in [5, 5.41) is 152. The van der Waals surface area contributed by atoms with Gasteiger partial charge in [-0.25, -0.2) is 0 Å². The van der Waals surface area contributed by atoms with Crippen molar-refractivity contribution in [3.8, 4) is 0 Å². The van der Waals surface area contributed by atoms with Crippen molar-refractivity contribution in [2.24, 2.45) is 50.2 Å². The predicted molar refractivity (Wildman–Crippen MR) is 254 cm³/mol. The number of carboxylic acids is 1. The molecule has 23 heteroatoms. The fourth-order valence-corrected chi connectivity index (χ4v) is 16.1. The summed E-state index contributed by atoms with van der Waals surface area (Å²) < 4.78 is 48.5. The lowest BCUT2D eigenvalue weighted by atomic mass is 9.33. The number of ether oxygens (including phenoxy) is 8. The van der Waals surface area contributed by atoms with Gasteiger partial charge in [-0.1, -0.05) is 46.3 Å². The maximum Gasteiger partial charge on any atom is 0.309 e. The highest BCUT2D eigenvalue weighted by atomic mass is 16.8. The van der Waals surface area contributed by atoms with Gasteiger partial charge in [0.25, 0.3) is 0 Å². The molecular formula is C52H84O23. The summed E-state index contributed by atoms with van der Waals surface area (Å²) >= 11 is 0. The summed E-state index contributed by atoms with van der Waals surface area (Å²) in [5.41, 5.74) is -2.32. The second-order valence-electron chi connectivity index (χ2n) is 25.2. The zero-order valence-corrected chi connectivity index (χ0v) is 43.7. The van der Waals surface area contributed by atoms with Gasteiger partial charge >= 0.3 is 5.97 Å². The summed E-state index contributed by atoms with van der Waals surface area (Å²) in [4.78, 5) is 12.7. The molecule has 0 spiro atoms. The third-order valence-corrected chi connectivity index (χ3v) is 21.1. The Morgan fingerprint density at radius 3 is 1.88 bits per heavy atom. The minimum absolute atomic E-state index is 0.0579. The SMILES string of the molecule is CC1(C)C2CC[C@]3(C)[C@H](CC=C4[C@@H]5C[C@@](C)(C(=O)O)CC[C@]5(CO)[C@H](O)C[C@]43C)[C@@]2(C)CC[C@@H]1O[C@@H]1OC[C@H](O[C@@H]2O[C@H](CO)[C@@H](O)[C@H](O)[C@H]2O[C@@H]2OC[C@@H](O)[C@H](O)[C@H]2O)[C@H](O)[C@H]1O[C@@H]1O[C@H](CO)[C@@H](O)[C@H](O)[C@H]1O. The number of aliphatic hydroxyl groups is 13. The van der Waals surface area contributed by atoms with Crippen molar-refractivity contribution >= 4 is 5.97 Å². The van der Waals surface area contributed by atoms with Gasteiger partial charge in [0.15, 0.2) is 25.2 Å². The van der Waals surface area contributed by atoms with Crippen LogP contribution in [0.15, 0.2) is 11.6 Å². The molecule has 4 heterocycles. The van der Waals surface area contributed by atoms with Gasteiger partial charge in [0, 0.05) is 5.41 Å². The van der Waals surface area contributed by atoms with Gasteiger partial charge in [-0.15, -0.1) is 0 Å². The van der Waals surface area contributed by atoms with E-state index in [2.05, 4.69) is 40.7 Å². The van der Waals surface area contributed by atoms with Gasteiger partial charge in [-0.05, 0) is 104 Å². The molecule has 28 atom stereocenters. The molecule has 9 aliphatic rings. The molecule has 5 aliphatic carbocycles. The molecule has 0 bridgehead atoms. The first-order valence-corrected chi connectivity index (χ1v) is 26.9. The van der Waals surface area contributed by atoms with Crippen LogP contribution in [-0.4, -0.2) is 233 Å². The molecule has 9 rings (SSSR count). The number of allylic oxidation sites excluding steroid dienone is 2. The van der Waals surface area contributed by atoms with Gasteiger partial charge < -0.3 is 109 Å². The molecule has 0 aromatic heterocycles. The number of aliphatic hydroxyl groups excluding tert-OH is 13. The van der Waals surface area contributed by atoms with Crippen LogP contribution >= 0.6 is 0 Å². The van der Waals surface area contributed by atoms with Gasteiger partial charge in [0.05, 0.1) is 50.7 Å². The Morgan fingerprint density at radius 1 is 0.613 bits per heavy atom. The first kappa shape index (κ1) is 58.0. The van der Waals surface area contributed by atoms with Crippen molar-refractivity contribution in [3.05, 3.63) is 11.6 Å². The van der Waals surface area contributed by atoms with Crippen LogP contribution in [0, 0.1) is 50.2 Å². The molecule has 430 valence electrons. The van der Waals surface area contributed by atoms with E-state index in [1.165, 1.54) is 0 Å². The van der Waals surface area contributed by atoms with Crippen LogP contribution in [0.3, 0.4) is 0 Å². The Bertz CT molecular complexity index is 2060. The lowest BCUT2D eigenvalue weighted by Gasteiger charge is -2.72. The summed E-state index contributed by atoms with van der Waals surface area (Å²) in [6.07, 6.45) is -24.3. The molecule has 0 aromatic carbocycles. The first-order valence-electron chi connectivity index (χ1n) is 26.9. The van der Waals surface area contributed by atoms with Crippen LogP contribution in [0.25, 0.3) is 0 Å². The number of hydrogen-bond acceptors (Lipinski definition) is 22. The first-order chi connectivity index (χ1) is 35.2. The van der Waals surface area contributed by atoms with E-state index in [1.807, 2.05) is 0 Å². The van der Waals surface area contributed by atoms with Crippen LogP contribution < -0.4 is 0 Å². The number of fused-ring (bicyclic) bond motifs is 7. The molecular weight excluding hydrogens is 993 g/mol. The number of hydrogen-bond donors (Lipinski definition) is 14. The van der Waals surface area contributed by atoms with Gasteiger partial charge in [0.2, 0.25) is 0 Å². The predicted octanol–water partition coefficient (Wildman–Crippen LogP) is -2.25. The Morgan fingerprint density at radius 2 is 1.23 bits per heavy atom. The van der Waals surface area contributed by atoms with Crippen molar-refractivity contribution in [2.75, 3.05) is 33.0 Å². The van der Waals surface area contributed by atoms with E-state index in [-0.39, 0.29) is 35.2 Å². The molecule has 14 N–H and O–H groups in total. The fourth-order valence-electron chi connectivity index (χ4n) is 16.1. The number of carboxylic acid groups (broad SMARTS) is 1. The van der Waals surface area contributed by atoms with E-state index in [1.54, 1.807) is 6.92 Å². The molecule has 75 heavy (non-hydrogen) atoms. The molecule has 23 nitrogen and oxygen atoms in total. The average molecular weight is 1080 g/mol. The van der Waals surface area contributed by atoms with E-state index in [4.69, 9.17) is 37.9 Å². The van der Waals surface area contributed by atoms with E-state index in [0.29, 0.717) is 38.5 Å². The Balaban J connectivity index is 0.974. The Kier molecular flexibility index (Phi) is 16.3. The van der Waals surface area contributed by atoms with Crippen molar-refractivity contribution < 1.29 is 114 Å². The molecule has 8 fully saturated rings. The molecule has 4 saturated carbocycles. The van der Waals surface area contributed by atoms with E-state index in [9.17, 15) is 76.3 Å². The second kappa shape index (κ2) is 21.0. The molecule has 4 saturated heterocycles. The highest BCUT2D eigenvalue weighted by Crippen LogP contribution is 2.76. The third-order valence-electron chi connectivity index (χ3n) is 21.1. The molecule has 0 aromatic rings. The molecule has 0 amide bonds. The maximum atomic E-state index is 12.7. The highest BCUT2D eigenvalue weighted by Gasteiger charge is 2.71. The Hall–Kier alpha value is -1.63. The molecule has 1 unspecified atom stereocenters. The van der Waals surface area contributed by atoms with Crippen molar-refractivity contribution in [1.29, 1.82) is 0 Å². The second-order valence-corrected chi connectivity index (χ2v) is 25.2. The van der Waals surface area contributed by atoms with Crippen LogP contribution in [0.5, 0.6) is 0 Å². The standard InChI is InChI=1S/C52H84O23/c1-47(2)28-9-12-50(5)29(8-7-22-23-15-48(3,46(66)67)13-14-52(23,21-55)30(57)16-51(22,50)6)49(28,4)11-10-31(47)73-44-40(75-43-39(65)36(62)33(59)25(17-53)70-43)35(61)27(20-69-44)72-45-41(37(63)34(60)26(18-54)71-45)74-42-38(64)32(58)24(56)19-68-42/h7,23-45,53-65H,8-21H2,1-6H3,(H,66,67)/t23-,24+,25+,26+,27-,28?,29+,30+,31-,32-,33+,34+,35-,36-,37-,38+,39+,40+,41+,42-,43-,44-,45-,48-,49-,50+,51+,52+/m0/s1. The van der Waals surface area contributed by atoms with Gasteiger partial charge in [-0.2, -0.15) is 0 Å². The summed E-state index contributed by atoms with van der Waals surface area (Å²) in [6.45, 7) is 10.2.